The zero-order valence-corrected chi connectivity index (χ0v) is 13.1. The Morgan fingerprint density at radius 3 is 2.62 bits per heavy atom. The molecule has 0 aromatic carbocycles. The highest BCUT2D eigenvalue weighted by Crippen LogP contribution is 2.27. The number of rotatable bonds is 4. The maximum absolute atomic E-state index is 5.88. The van der Waals surface area contributed by atoms with E-state index in [1.165, 1.54) is 29.9 Å². The van der Waals surface area contributed by atoms with Crippen LogP contribution in [0.15, 0.2) is 6.33 Å². The summed E-state index contributed by atoms with van der Waals surface area (Å²) in [6.45, 7) is 7.28. The van der Waals surface area contributed by atoms with Crippen LogP contribution in [-0.4, -0.2) is 53.6 Å². The number of hydrogen-bond acceptors (Lipinski definition) is 5. The molecular weight excluding hydrogens is 262 g/mol. The van der Waals surface area contributed by atoms with Gasteiger partial charge < -0.3 is 10.6 Å². The molecule has 0 radical (unpaired) electrons. The molecule has 1 fully saturated rings. The molecule has 3 rings (SSSR count). The minimum Gasteiger partial charge on any atom is -0.354 e. The molecule has 0 spiro atoms. The van der Waals surface area contributed by atoms with E-state index in [1.54, 1.807) is 6.33 Å². The first-order chi connectivity index (χ1) is 10.3. The van der Waals surface area contributed by atoms with Crippen molar-refractivity contribution >= 4 is 5.82 Å². The lowest BCUT2D eigenvalue weighted by Gasteiger charge is -2.40. The quantitative estimate of drug-likeness (QED) is 0.903. The van der Waals surface area contributed by atoms with Crippen molar-refractivity contribution in [1.29, 1.82) is 0 Å². The van der Waals surface area contributed by atoms with E-state index in [2.05, 4.69) is 26.7 Å². The van der Waals surface area contributed by atoms with Crippen LogP contribution < -0.4 is 10.6 Å². The van der Waals surface area contributed by atoms with Gasteiger partial charge in [-0.3, -0.25) is 4.90 Å². The van der Waals surface area contributed by atoms with Gasteiger partial charge in [0.15, 0.2) is 0 Å². The van der Waals surface area contributed by atoms with Crippen LogP contribution in [-0.2, 0) is 12.8 Å². The van der Waals surface area contributed by atoms with Gasteiger partial charge in [-0.05, 0) is 32.1 Å². The summed E-state index contributed by atoms with van der Waals surface area (Å²) in [6.07, 6.45) is 7.70. The lowest BCUT2D eigenvalue weighted by molar-refractivity contribution is 0.184. The minimum atomic E-state index is 0.534. The van der Waals surface area contributed by atoms with E-state index in [0.717, 1.165) is 52.0 Å². The third kappa shape index (κ3) is 3.04. The molecular formula is C16H27N5. The fraction of sp³-hybridized carbons (Fsp3) is 0.750. The Balaban J connectivity index is 1.70. The van der Waals surface area contributed by atoms with Crippen molar-refractivity contribution in [3.63, 3.8) is 0 Å². The number of nitrogens with two attached hydrogens (primary N) is 1. The van der Waals surface area contributed by atoms with Crippen molar-refractivity contribution in [3.05, 3.63) is 17.6 Å². The fourth-order valence-corrected chi connectivity index (χ4v) is 3.65. The second-order valence-corrected chi connectivity index (χ2v) is 6.15. The monoisotopic (exact) mass is 289 g/mol. The molecule has 2 N–H and O–H groups in total. The zero-order chi connectivity index (χ0) is 14.7. The number of fused-ring (bicyclic) bond motifs is 1. The van der Waals surface area contributed by atoms with Crippen LogP contribution in [0, 0.1) is 0 Å². The second kappa shape index (κ2) is 6.71. The molecule has 1 aromatic heterocycles. The van der Waals surface area contributed by atoms with Gasteiger partial charge in [-0.25, -0.2) is 9.97 Å². The van der Waals surface area contributed by atoms with Crippen molar-refractivity contribution in [2.45, 2.75) is 45.1 Å². The molecule has 0 saturated carbocycles. The molecule has 1 unspecified atom stereocenters. The first-order valence-corrected chi connectivity index (χ1v) is 8.35. The minimum absolute atomic E-state index is 0.534. The average molecular weight is 289 g/mol. The van der Waals surface area contributed by atoms with Crippen molar-refractivity contribution in [2.24, 2.45) is 5.73 Å². The SMILES string of the molecule is CCC(CN)N1CCN(c2ncnc3c2CCCC3)CC1. The largest absolute Gasteiger partial charge is 0.354 e. The number of nitrogens with zero attached hydrogens (tertiary/aromatic N) is 4. The number of anilines is 1. The van der Waals surface area contributed by atoms with Crippen LogP contribution in [0.5, 0.6) is 0 Å². The Labute approximate surface area is 127 Å². The Kier molecular flexibility index (Phi) is 4.70. The number of piperazine rings is 1. The first kappa shape index (κ1) is 14.7. The van der Waals surface area contributed by atoms with E-state index < -0.39 is 0 Å². The number of hydrogen-bond donors (Lipinski definition) is 1. The second-order valence-electron chi connectivity index (χ2n) is 6.15. The van der Waals surface area contributed by atoms with Gasteiger partial charge in [0, 0.05) is 50.0 Å². The highest BCUT2D eigenvalue weighted by Gasteiger charge is 2.25. The average Bonchev–Trinajstić information content (AvgIpc) is 2.56. The predicted molar refractivity (Wildman–Crippen MR) is 85.6 cm³/mol. The summed E-state index contributed by atoms with van der Waals surface area (Å²) < 4.78 is 0. The van der Waals surface area contributed by atoms with Crippen LogP contribution in [0.4, 0.5) is 5.82 Å². The smallest absolute Gasteiger partial charge is 0.135 e. The summed E-state index contributed by atoms with van der Waals surface area (Å²) >= 11 is 0. The fourth-order valence-electron chi connectivity index (χ4n) is 3.65. The third-order valence-corrected chi connectivity index (χ3v) is 4.98. The molecule has 1 aliphatic heterocycles. The van der Waals surface area contributed by atoms with Gasteiger partial charge in [-0.2, -0.15) is 0 Å². The van der Waals surface area contributed by atoms with Gasteiger partial charge >= 0.3 is 0 Å². The molecule has 5 heteroatoms. The van der Waals surface area contributed by atoms with Crippen LogP contribution in [0.1, 0.15) is 37.4 Å². The summed E-state index contributed by atoms with van der Waals surface area (Å²) in [5, 5.41) is 0. The highest BCUT2D eigenvalue weighted by molar-refractivity contribution is 5.50. The topological polar surface area (TPSA) is 58.3 Å². The maximum Gasteiger partial charge on any atom is 0.135 e. The van der Waals surface area contributed by atoms with Gasteiger partial charge in [-0.1, -0.05) is 6.92 Å². The van der Waals surface area contributed by atoms with Crippen LogP contribution >= 0.6 is 0 Å². The summed E-state index contributed by atoms with van der Waals surface area (Å²) in [5.41, 5.74) is 8.56. The van der Waals surface area contributed by atoms with E-state index in [1.807, 2.05) is 0 Å². The number of aryl methyl sites for hydroxylation is 1. The lowest BCUT2D eigenvalue weighted by Crippen LogP contribution is -2.52. The summed E-state index contributed by atoms with van der Waals surface area (Å²) in [6, 6.07) is 0.534. The normalized spacial score (nSPS) is 21.1. The summed E-state index contributed by atoms with van der Waals surface area (Å²) in [5.74, 6) is 1.19. The maximum atomic E-state index is 5.88. The molecule has 0 amide bonds. The Hall–Kier alpha value is -1.20. The number of aromatic nitrogens is 2. The summed E-state index contributed by atoms with van der Waals surface area (Å²) in [4.78, 5) is 14.1. The molecule has 2 heterocycles. The first-order valence-electron chi connectivity index (χ1n) is 8.35. The van der Waals surface area contributed by atoms with Crippen molar-refractivity contribution < 1.29 is 0 Å². The molecule has 116 valence electrons. The van der Waals surface area contributed by atoms with Crippen LogP contribution in [0.2, 0.25) is 0 Å². The third-order valence-electron chi connectivity index (χ3n) is 4.98. The van der Waals surface area contributed by atoms with Crippen molar-refractivity contribution in [3.8, 4) is 0 Å². The molecule has 1 aromatic rings. The highest BCUT2D eigenvalue weighted by atomic mass is 15.3. The predicted octanol–water partition coefficient (Wildman–Crippen LogP) is 1.21. The molecule has 1 atom stereocenters. The van der Waals surface area contributed by atoms with E-state index >= 15 is 0 Å². The van der Waals surface area contributed by atoms with E-state index in [9.17, 15) is 0 Å². The molecule has 0 bridgehead atoms. The standard InChI is InChI=1S/C16H27N5/c1-2-13(11-17)20-7-9-21(10-8-20)16-14-5-3-4-6-15(14)18-12-19-16/h12-13H,2-11,17H2,1H3. The Bertz CT molecular complexity index is 464. The van der Waals surface area contributed by atoms with Gasteiger partial charge in [0.05, 0.1) is 0 Å². The van der Waals surface area contributed by atoms with Crippen molar-refractivity contribution in [1.82, 2.24) is 14.9 Å². The van der Waals surface area contributed by atoms with E-state index in [4.69, 9.17) is 5.73 Å². The van der Waals surface area contributed by atoms with E-state index in [0.29, 0.717) is 6.04 Å². The van der Waals surface area contributed by atoms with Gasteiger partial charge in [-0.15, -0.1) is 0 Å². The molecule has 5 nitrogen and oxygen atoms in total. The lowest BCUT2D eigenvalue weighted by atomic mass is 9.96. The molecule has 1 aliphatic carbocycles. The van der Waals surface area contributed by atoms with Crippen molar-refractivity contribution in [2.75, 3.05) is 37.6 Å². The zero-order valence-electron chi connectivity index (χ0n) is 13.1. The summed E-state index contributed by atoms with van der Waals surface area (Å²) in [7, 11) is 0. The molecule has 1 saturated heterocycles. The van der Waals surface area contributed by atoms with Gasteiger partial charge in [0.25, 0.3) is 0 Å². The van der Waals surface area contributed by atoms with E-state index in [-0.39, 0.29) is 0 Å². The van der Waals surface area contributed by atoms with Gasteiger partial charge in [0.1, 0.15) is 12.1 Å². The Morgan fingerprint density at radius 2 is 1.90 bits per heavy atom. The Morgan fingerprint density at radius 1 is 1.14 bits per heavy atom. The van der Waals surface area contributed by atoms with Gasteiger partial charge in [0.2, 0.25) is 0 Å². The van der Waals surface area contributed by atoms with Crippen LogP contribution in [0.25, 0.3) is 0 Å². The molecule has 21 heavy (non-hydrogen) atoms. The molecule has 2 aliphatic rings. The van der Waals surface area contributed by atoms with Crippen LogP contribution in [0.3, 0.4) is 0 Å².